The summed E-state index contributed by atoms with van der Waals surface area (Å²) in [7, 11) is 0. The summed E-state index contributed by atoms with van der Waals surface area (Å²) in [4.78, 5) is 2.47. The maximum absolute atomic E-state index is 12.5. The first-order chi connectivity index (χ1) is 8.79. The summed E-state index contributed by atoms with van der Waals surface area (Å²) in [5.74, 6) is 0.263. The zero-order valence-corrected chi connectivity index (χ0v) is 11.8. The second kappa shape index (κ2) is 6.85. The maximum Gasteiger partial charge on any atom is 0.153 e. The van der Waals surface area contributed by atoms with Gasteiger partial charge in [0.1, 0.15) is 13.1 Å². The van der Waals surface area contributed by atoms with Crippen LogP contribution < -0.4 is 10.2 Å². The maximum atomic E-state index is 12.5. The van der Waals surface area contributed by atoms with Gasteiger partial charge in [0.2, 0.25) is 0 Å². The molecule has 0 N–H and O–H groups in total. The average molecular weight is 255 g/mol. The van der Waals surface area contributed by atoms with Crippen molar-refractivity contribution in [3.63, 3.8) is 0 Å². The predicted octanol–water partition coefficient (Wildman–Crippen LogP) is 2.83. The van der Waals surface area contributed by atoms with Gasteiger partial charge in [0, 0.05) is 31.8 Å². The van der Waals surface area contributed by atoms with Crippen LogP contribution in [-0.4, -0.2) is 38.4 Å². The van der Waals surface area contributed by atoms with Crippen LogP contribution in [-0.2, 0) is 0 Å². The van der Waals surface area contributed by atoms with Gasteiger partial charge in [-0.2, -0.15) is 4.90 Å². The molecule has 0 aromatic heterocycles. The molecule has 2 nitrogen and oxygen atoms in total. The smallest absolute Gasteiger partial charge is 0.153 e. The van der Waals surface area contributed by atoms with E-state index in [0.29, 0.717) is 5.54 Å². The molecule has 3 rings (SSSR count). The Kier molecular flexibility index (Phi) is 5.43. The summed E-state index contributed by atoms with van der Waals surface area (Å²) in [6.07, 6.45) is 9.23. The van der Waals surface area contributed by atoms with Gasteiger partial charge in [0.25, 0.3) is 0 Å². The van der Waals surface area contributed by atoms with Crippen molar-refractivity contribution < 1.29 is 4.39 Å². The molecule has 3 saturated heterocycles. The zero-order chi connectivity index (χ0) is 12.8. The molecular weight excluding hydrogens is 227 g/mol. The molecule has 3 heteroatoms. The molecular formula is C15H28FN2+. The molecule has 104 valence electrons. The van der Waals surface area contributed by atoms with Gasteiger partial charge in [0.15, 0.2) is 5.54 Å². The molecule has 3 aliphatic rings. The fourth-order valence-corrected chi connectivity index (χ4v) is 3.61. The van der Waals surface area contributed by atoms with E-state index >= 15 is 0 Å². The van der Waals surface area contributed by atoms with Gasteiger partial charge in [0.05, 0.1) is 13.1 Å². The van der Waals surface area contributed by atoms with Crippen molar-refractivity contribution in [1.82, 2.24) is 10.2 Å². The standard InChI is InChI=1S/C9H16FN.C6H12N/c1-8(7-10)9-3-2-5-11(9)6-4-9;1-2-4-6-7-5-3-1/h8H,2-7H2,1H3;1-6H2/q+1;. The van der Waals surface area contributed by atoms with Crippen LogP contribution in [0.15, 0.2) is 0 Å². The predicted molar refractivity (Wildman–Crippen MR) is 73.9 cm³/mol. The van der Waals surface area contributed by atoms with Crippen LogP contribution in [0.5, 0.6) is 0 Å². The van der Waals surface area contributed by atoms with E-state index in [2.05, 4.69) is 17.1 Å². The highest BCUT2D eigenvalue weighted by atomic mass is 19.1. The van der Waals surface area contributed by atoms with Crippen LogP contribution in [0.3, 0.4) is 0 Å². The minimum absolute atomic E-state index is 0.142. The van der Waals surface area contributed by atoms with Crippen LogP contribution in [0.1, 0.15) is 51.9 Å². The van der Waals surface area contributed by atoms with Crippen LogP contribution in [0.25, 0.3) is 0 Å². The van der Waals surface area contributed by atoms with Crippen molar-refractivity contribution in [2.24, 2.45) is 5.92 Å². The number of nitrogens with zero attached hydrogens (tertiary/aromatic N) is 2. The van der Waals surface area contributed by atoms with Crippen molar-refractivity contribution in [3.8, 4) is 0 Å². The van der Waals surface area contributed by atoms with E-state index in [0.717, 1.165) is 13.1 Å². The summed E-state index contributed by atoms with van der Waals surface area (Å²) in [6.45, 7) is 6.59. The third-order valence-corrected chi connectivity index (χ3v) is 5.01. The molecule has 3 aliphatic heterocycles. The highest BCUT2D eigenvalue weighted by Gasteiger charge is 2.60. The van der Waals surface area contributed by atoms with Gasteiger partial charge < -0.3 is 0 Å². The minimum Gasteiger partial charge on any atom is -0.251 e. The van der Waals surface area contributed by atoms with E-state index < -0.39 is 0 Å². The van der Waals surface area contributed by atoms with Crippen molar-refractivity contribution in [3.05, 3.63) is 0 Å². The molecule has 0 aliphatic carbocycles. The fraction of sp³-hybridized carbons (Fsp3) is 1.00. The minimum atomic E-state index is -0.142. The number of rotatable bonds is 2. The molecule has 0 aromatic carbocycles. The number of halogens is 1. The first-order valence-electron chi connectivity index (χ1n) is 7.74. The lowest BCUT2D eigenvalue weighted by atomic mass is 9.75. The first kappa shape index (κ1) is 14.3. The molecule has 3 heterocycles. The van der Waals surface area contributed by atoms with Gasteiger partial charge in [-0.15, -0.1) is 0 Å². The van der Waals surface area contributed by atoms with Gasteiger partial charge in [-0.3, -0.25) is 4.39 Å². The first-order valence-corrected chi connectivity index (χ1v) is 7.74. The lowest BCUT2D eigenvalue weighted by molar-refractivity contribution is 0.0500. The van der Waals surface area contributed by atoms with E-state index in [9.17, 15) is 4.39 Å². The van der Waals surface area contributed by atoms with Crippen molar-refractivity contribution in [2.45, 2.75) is 57.4 Å². The summed E-state index contributed by atoms with van der Waals surface area (Å²) >= 11 is 0. The Balaban J connectivity index is 0.000000149. The zero-order valence-electron chi connectivity index (χ0n) is 11.8. The van der Waals surface area contributed by atoms with Crippen molar-refractivity contribution in [2.75, 3.05) is 32.9 Å². The highest BCUT2D eigenvalue weighted by Crippen LogP contribution is 2.43. The molecule has 3 fully saturated rings. The Hall–Kier alpha value is -0.150. The largest absolute Gasteiger partial charge is 0.251 e. The van der Waals surface area contributed by atoms with Crippen LogP contribution in [0, 0.1) is 5.92 Å². The molecule has 0 saturated carbocycles. The fourth-order valence-electron chi connectivity index (χ4n) is 3.61. The van der Waals surface area contributed by atoms with Gasteiger partial charge in [-0.25, -0.2) is 5.32 Å². The quantitative estimate of drug-likeness (QED) is 0.676. The van der Waals surface area contributed by atoms with Crippen molar-refractivity contribution >= 4 is 0 Å². The topological polar surface area (TPSA) is 20.0 Å². The summed E-state index contributed by atoms with van der Waals surface area (Å²) in [6, 6.07) is 0. The third kappa shape index (κ3) is 3.05. The molecule has 0 aromatic rings. The van der Waals surface area contributed by atoms with Crippen molar-refractivity contribution in [1.29, 1.82) is 0 Å². The number of fused-ring (bicyclic) bond motifs is 1. The van der Waals surface area contributed by atoms with E-state index in [1.165, 1.54) is 58.0 Å². The SMILES string of the molecule is C1CCC[N]CC1.CC(CF)C12CCC[N+]1CC2. The van der Waals surface area contributed by atoms with Crippen LogP contribution in [0.2, 0.25) is 0 Å². The van der Waals surface area contributed by atoms with Gasteiger partial charge in [-0.1, -0.05) is 19.8 Å². The Bertz CT molecular complexity index is 227. The monoisotopic (exact) mass is 255 g/mol. The summed E-state index contributed by atoms with van der Waals surface area (Å²) in [5, 5.41) is 4.27. The van der Waals surface area contributed by atoms with Gasteiger partial charge in [-0.05, 0) is 12.8 Å². The Morgan fingerprint density at radius 1 is 1.06 bits per heavy atom. The number of alkyl halides is 1. The van der Waals surface area contributed by atoms with E-state index in [1.807, 2.05) is 0 Å². The second-order valence-electron chi connectivity index (χ2n) is 6.08. The Morgan fingerprint density at radius 3 is 2.28 bits per heavy atom. The van der Waals surface area contributed by atoms with E-state index in [1.54, 1.807) is 0 Å². The van der Waals surface area contributed by atoms with Crippen LogP contribution >= 0.6 is 0 Å². The normalized spacial score (nSPS) is 33.7. The van der Waals surface area contributed by atoms with E-state index in [4.69, 9.17) is 0 Å². The number of hydrogen-bond donors (Lipinski definition) is 0. The summed E-state index contributed by atoms with van der Waals surface area (Å²) < 4.78 is 12.5. The second-order valence-corrected chi connectivity index (χ2v) is 6.08. The van der Waals surface area contributed by atoms with Gasteiger partial charge >= 0.3 is 0 Å². The molecule has 0 spiro atoms. The lowest BCUT2D eigenvalue weighted by Crippen LogP contribution is -2.63. The molecule has 2 unspecified atom stereocenters. The molecule has 0 amide bonds. The molecule has 0 bridgehead atoms. The number of hydrogen-bond acceptors (Lipinski definition) is 1. The summed E-state index contributed by atoms with van der Waals surface area (Å²) in [5.41, 5.74) is 0.300. The lowest BCUT2D eigenvalue weighted by Gasteiger charge is -2.41. The third-order valence-electron chi connectivity index (χ3n) is 5.01. The Morgan fingerprint density at radius 2 is 1.78 bits per heavy atom. The highest BCUT2D eigenvalue weighted by molar-refractivity contribution is 5.10. The Labute approximate surface area is 111 Å². The van der Waals surface area contributed by atoms with Crippen LogP contribution in [0.4, 0.5) is 4.39 Å². The average Bonchev–Trinajstić information content (AvgIpc) is 2.63. The molecule has 2 atom stereocenters. The molecule has 18 heavy (non-hydrogen) atoms. The molecule has 2 radical (unpaired) electrons. The van der Waals surface area contributed by atoms with E-state index in [-0.39, 0.29) is 12.6 Å².